The van der Waals surface area contributed by atoms with Gasteiger partial charge in [0, 0.05) is 24.0 Å². The molecule has 0 aromatic heterocycles. The highest BCUT2D eigenvalue weighted by Gasteiger charge is 2.67. The smallest absolute Gasteiger partial charge is 0.323 e. The fourth-order valence-corrected chi connectivity index (χ4v) is 5.11. The van der Waals surface area contributed by atoms with Crippen molar-refractivity contribution in [1.82, 2.24) is 0 Å². The zero-order valence-corrected chi connectivity index (χ0v) is 20.8. The standard InChI is InChI=1S/C25H13Cl3F7NO2/c26-15-9-18(32)19(8-13(15)20(37)6-10-1-3-12(29)7-17(10)31)36-23(38)22-21(24(22,27)28)11-2-4-16(30)14(5-11)25(33,34)35/h1-5,7-9,21-22H,6H2,(H,36,38)/t21-,22+/m0/s1. The van der Waals surface area contributed by atoms with E-state index in [0.717, 1.165) is 30.3 Å². The Hall–Kier alpha value is -2.82. The summed E-state index contributed by atoms with van der Waals surface area (Å²) in [6, 6.07) is 6.23. The van der Waals surface area contributed by atoms with Gasteiger partial charge in [-0.15, -0.1) is 23.2 Å². The second-order valence-corrected chi connectivity index (χ2v) is 10.4. The van der Waals surface area contributed by atoms with Gasteiger partial charge in [0.15, 0.2) is 5.78 Å². The van der Waals surface area contributed by atoms with Crippen molar-refractivity contribution in [3.05, 3.63) is 99.1 Å². The van der Waals surface area contributed by atoms with Gasteiger partial charge >= 0.3 is 6.18 Å². The molecule has 1 amide bonds. The van der Waals surface area contributed by atoms with Crippen molar-refractivity contribution in [2.24, 2.45) is 5.92 Å². The van der Waals surface area contributed by atoms with Gasteiger partial charge in [-0.2, -0.15) is 13.2 Å². The maximum Gasteiger partial charge on any atom is 0.419 e. The quantitative estimate of drug-likeness (QED) is 0.178. The van der Waals surface area contributed by atoms with E-state index < -0.39 is 75.0 Å². The third-order valence-corrected chi connectivity index (χ3v) is 7.23. The van der Waals surface area contributed by atoms with Crippen LogP contribution in [0.4, 0.5) is 36.4 Å². The van der Waals surface area contributed by atoms with Crippen LogP contribution in [0.2, 0.25) is 5.02 Å². The molecule has 4 rings (SSSR count). The van der Waals surface area contributed by atoms with Crippen LogP contribution in [0.1, 0.15) is 33.0 Å². The molecule has 1 aliphatic rings. The van der Waals surface area contributed by atoms with E-state index >= 15 is 0 Å². The van der Waals surface area contributed by atoms with Crippen LogP contribution in [-0.4, -0.2) is 16.0 Å². The summed E-state index contributed by atoms with van der Waals surface area (Å²) in [5.41, 5.74) is -2.73. The number of alkyl halides is 5. The Morgan fingerprint density at radius 1 is 0.895 bits per heavy atom. The molecular formula is C25H13Cl3F7NO2. The average molecular weight is 599 g/mol. The maximum absolute atomic E-state index is 14.6. The van der Waals surface area contributed by atoms with Crippen molar-refractivity contribution in [2.75, 3.05) is 5.32 Å². The van der Waals surface area contributed by atoms with E-state index in [0.29, 0.717) is 18.2 Å². The van der Waals surface area contributed by atoms with E-state index in [9.17, 15) is 40.3 Å². The van der Waals surface area contributed by atoms with E-state index in [2.05, 4.69) is 5.32 Å². The van der Waals surface area contributed by atoms with Gasteiger partial charge < -0.3 is 5.32 Å². The number of hydrogen-bond donors (Lipinski definition) is 1. The van der Waals surface area contributed by atoms with Crippen molar-refractivity contribution < 1.29 is 40.3 Å². The van der Waals surface area contributed by atoms with Gasteiger partial charge in [0.25, 0.3) is 0 Å². The number of nitrogens with one attached hydrogen (secondary N) is 1. The number of rotatable bonds is 6. The van der Waals surface area contributed by atoms with Crippen LogP contribution >= 0.6 is 34.8 Å². The number of benzene rings is 3. The Morgan fingerprint density at radius 2 is 1.58 bits per heavy atom. The average Bonchev–Trinajstić information content (AvgIpc) is 3.38. The van der Waals surface area contributed by atoms with Crippen LogP contribution in [0.25, 0.3) is 0 Å². The van der Waals surface area contributed by atoms with Gasteiger partial charge in [-0.1, -0.05) is 23.7 Å². The summed E-state index contributed by atoms with van der Waals surface area (Å²) in [6.07, 6.45) is -5.58. The number of anilines is 1. The molecule has 1 N–H and O–H groups in total. The second-order valence-electron chi connectivity index (χ2n) is 8.50. The first kappa shape index (κ1) is 28.2. The van der Waals surface area contributed by atoms with Crippen molar-refractivity contribution in [3.63, 3.8) is 0 Å². The SMILES string of the molecule is O=C(Cc1ccc(F)cc1F)c1cc(NC(=O)[C@H]2[C@H](c3ccc(F)c(C(F)(F)F)c3)C2(Cl)Cl)c(F)cc1Cl. The second kappa shape index (κ2) is 10.1. The van der Waals surface area contributed by atoms with Crippen LogP contribution in [0.15, 0.2) is 48.5 Å². The summed E-state index contributed by atoms with van der Waals surface area (Å²) >= 11 is 18.2. The Kier molecular flexibility index (Phi) is 7.46. The van der Waals surface area contributed by atoms with E-state index in [-0.39, 0.29) is 21.7 Å². The normalized spacial score (nSPS) is 18.3. The molecule has 0 unspecified atom stereocenters. The molecule has 3 nitrogen and oxygen atoms in total. The number of carbonyl (C=O) groups excluding carboxylic acids is 2. The lowest BCUT2D eigenvalue weighted by Crippen LogP contribution is -2.18. The van der Waals surface area contributed by atoms with Crippen LogP contribution < -0.4 is 5.32 Å². The lowest BCUT2D eigenvalue weighted by molar-refractivity contribution is -0.140. The van der Waals surface area contributed by atoms with Gasteiger partial charge in [-0.3, -0.25) is 9.59 Å². The lowest BCUT2D eigenvalue weighted by atomic mass is 10.0. The van der Waals surface area contributed by atoms with Crippen molar-refractivity contribution in [1.29, 1.82) is 0 Å². The number of ketones is 1. The van der Waals surface area contributed by atoms with Gasteiger partial charge in [0.1, 0.15) is 27.6 Å². The van der Waals surface area contributed by atoms with E-state index in [4.69, 9.17) is 34.8 Å². The Balaban J connectivity index is 1.57. The zero-order chi connectivity index (χ0) is 28.2. The van der Waals surface area contributed by atoms with Crippen molar-refractivity contribution >= 4 is 52.2 Å². The molecule has 0 aliphatic heterocycles. The van der Waals surface area contributed by atoms with Crippen LogP contribution in [0.3, 0.4) is 0 Å². The Labute approximate surface area is 225 Å². The van der Waals surface area contributed by atoms with Gasteiger partial charge in [0.2, 0.25) is 5.91 Å². The van der Waals surface area contributed by atoms with Crippen molar-refractivity contribution in [2.45, 2.75) is 22.8 Å². The highest BCUT2D eigenvalue weighted by atomic mass is 35.5. The summed E-state index contributed by atoms with van der Waals surface area (Å²) in [4.78, 5) is 25.6. The highest BCUT2D eigenvalue weighted by Crippen LogP contribution is 2.65. The molecular weight excluding hydrogens is 586 g/mol. The molecule has 3 aromatic rings. The van der Waals surface area contributed by atoms with Gasteiger partial charge in [-0.05, 0) is 41.5 Å². The minimum Gasteiger partial charge on any atom is -0.323 e. The van der Waals surface area contributed by atoms with E-state index in [1.807, 2.05) is 0 Å². The van der Waals surface area contributed by atoms with E-state index in [1.54, 1.807) is 0 Å². The molecule has 200 valence electrons. The molecule has 38 heavy (non-hydrogen) atoms. The molecule has 0 radical (unpaired) electrons. The minimum atomic E-state index is -5.01. The fraction of sp³-hybridized carbons (Fsp3) is 0.200. The fourth-order valence-electron chi connectivity index (χ4n) is 4.02. The number of amides is 1. The monoisotopic (exact) mass is 597 g/mol. The lowest BCUT2D eigenvalue weighted by Gasteiger charge is -2.11. The minimum absolute atomic E-state index is 0.158. The molecule has 0 spiro atoms. The summed E-state index contributed by atoms with van der Waals surface area (Å²) < 4.78 is 92.7. The molecule has 1 aliphatic carbocycles. The van der Waals surface area contributed by atoms with Crippen LogP contribution in [0, 0.1) is 29.2 Å². The summed E-state index contributed by atoms with van der Waals surface area (Å²) in [6.45, 7) is 0. The molecule has 0 saturated heterocycles. The third-order valence-electron chi connectivity index (χ3n) is 5.97. The molecule has 1 fully saturated rings. The first-order chi connectivity index (χ1) is 17.6. The predicted octanol–water partition coefficient (Wildman–Crippen LogP) is 7.87. The number of Topliss-reactive ketones (excluding diaryl/α,β-unsaturated/α-hetero) is 1. The third kappa shape index (κ3) is 5.48. The van der Waals surface area contributed by atoms with Gasteiger partial charge in [-0.25, -0.2) is 17.6 Å². The first-order valence-corrected chi connectivity index (χ1v) is 11.8. The topological polar surface area (TPSA) is 46.2 Å². The molecule has 0 heterocycles. The highest BCUT2D eigenvalue weighted by molar-refractivity contribution is 6.53. The summed E-state index contributed by atoms with van der Waals surface area (Å²) in [5.74, 6) is -8.77. The first-order valence-electron chi connectivity index (χ1n) is 10.6. The molecule has 3 aromatic carbocycles. The Morgan fingerprint density at radius 3 is 2.21 bits per heavy atom. The molecule has 0 bridgehead atoms. The number of halogens is 10. The number of hydrogen-bond acceptors (Lipinski definition) is 2. The molecule has 1 saturated carbocycles. The molecule has 2 atom stereocenters. The summed E-state index contributed by atoms with van der Waals surface area (Å²) in [5, 5.41) is 1.82. The van der Waals surface area contributed by atoms with E-state index in [1.165, 1.54) is 0 Å². The maximum atomic E-state index is 14.6. The Bertz CT molecular complexity index is 1460. The number of carbonyl (C=O) groups is 2. The van der Waals surface area contributed by atoms with Crippen LogP contribution in [0.5, 0.6) is 0 Å². The van der Waals surface area contributed by atoms with Crippen LogP contribution in [-0.2, 0) is 17.4 Å². The van der Waals surface area contributed by atoms with Crippen molar-refractivity contribution in [3.8, 4) is 0 Å². The predicted molar refractivity (Wildman–Crippen MR) is 127 cm³/mol. The molecule has 13 heteroatoms. The summed E-state index contributed by atoms with van der Waals surface area (Å²) in [7, 11) is 0. The zero-order valence-electron chi connectivity index (χ0n) is 18.6. The largest absolute Gasteiger partial charge is 0.419 e. The van der Waals surface area contributed by atoms with Gasteiger partial charge in [0.05, 0.1) is 22.2 Å².